The standard InChI is InChI=1S/C10H10FIN2O/c1-14-3-2-10(15)13-8-5-7(12)6(11)4-9(8)14/h4-5H,2-3H2,1H3,(H,13,15). The lowest BCUT2D eigenvalue weighted by molar-refractivity contribution is -0.115. The van der Waals surface area contributed by atoms with Crippen LogP contribution < -0.4 is 10.2 Å². The lowest BCUT2D eigenvalue weighted by Crippen LogP contribution is -2.18. The highest BCUT2D eigenvalue weighted by Crippen LogP contribution is 2.31. The molecule has 1 aliphatic rings. The van der Waals surface area contributed by atoms with Crippen molar-refractivity contribution in [3.63, 3.8) is 0 Å². The van der Waals surface area contributed by atoms with Crippen LogP contribution in [0.25, 0.3) is 0 Å². The average molecular weight is 320 g/mol. The van der Waals surface area contributed by atoms with E-state index in [1.807, 2.05) is 34.5 Å². The predicted molar refractivity (Wildman–Crippen MR) is 65.6 cm³/mol. The Morgan fingerprint density at radius 2 is 2.27 bits per heavy atom. The molecule has 0 fully saturated rings. The number of fused-ring (bicyclic) bond motifs is 1. The zero-order valence-electron chi connectivity index (χ0n) is 8.18. The van der Waals surface area contributed by atoms with E-state index in [0.717, 1.165) is 5.69 Å². The number of carbonyl (C=O) groups is 1. The van der Waals surface area contributed by atoms with E-state index in [1.165, 1.54) is 6.07 Å². The molecule has 0 atom stereocenters. The molecule has 0 bridgehead atoms. The molecule has 0 unspecified atom stereocenters. The maximum atomic E-state index is 13.4. The largest absolute Gasteiger partial charge is 0.372 e. The summed E-state index contributed by atoms with van der Waals surface area (Å²) < 4.78 is 13.9. The Hall–Kier alpha value is -0.850. The molecule has 1 N–H and O–H groups in total. The zero-order chi connectivity index (χ0) is 11.0. The van der Waals surface area contributed by atoms with Gasteiger partial charge in [0.05, 0.1) is 14.9 Å². The van der Waals surface area contributed by atoms with Gasteiger partial charge in [-0.3, -0.25) is 4.79 Å². The first-order chi connectivity index (χ1) is 7.08. The third-order valence-corrected chi connectivity index (χ3v) is 3.22. The van der Waals surface area contributed by atoms with E-state index in [2.05, 4.69) is 5.32 Å². The molecule has 1 amide bonds. The van der Waals surface area contributed by atoms with Gasteiger partial charge in [0.25, 0.3) is 0 Å². The van der Waals surface area contributed by atoms with Crippen LogP contribution in [0, 0.1) is 9.39 Å². The van der Waals surface area contributed by atoms with Gasteiger partial charge in [0.1, 0.15) is 5.82 Å². The summed E-state index contributed by atoms with van der Waals surface area (Å²) in [5.41, 5.74) is 1.42. The molecule has 3 nitrogen and oxygen atoms in total. The number of halogens is 2. The number of benzene rings is 1. The number of anilines is 2. The van der Waals surface area contributed by atoms with Crippen LogP contribution >= 0.6 is 22.6 Å². The van der Waals surface area contributed by atoms with Gasteiger partial charge in [-0.1, -0.05) is 0 Å². The summed E-state index contributed by atoms with van der Waals surface area (Å²) in [6.45, 7) is 0.610. The number of hydrogen-bond acceptors (Lipinski definition) is 2. The van der Waals surface area contributed by atoms with Gasteiger partial charge >= 0.3 is 0 Å². The summed E-state index contributed by atoms with van der Waals surface area (Å²) >= 11 is 1.91. The van der Waals surface area contributed by atoms with Crippen LogP contribution in [0.15, 0.2) is 12.1 Å². The molecule has 15 heavy (non-hydrogen) atoms. The second-order valence-electron chi connectivity index (χ2n) is 3.50. The highest BCUT2D eigenvalue weighted by Gasteiger charge is 2.18. The number of nitrogens with one attached hydrogen (secondary N) is 1. The third kappa shape index (κ3) is 2.06. The van der Waals surface area contributed by atoms with E-state index < -0.39 is 0 Å². The molecule has 1 heterocycles. The normalized spacial score (nSPS) is 15.7. The maximum Gasteiger partial charge on any atom is 0.226 e. The predicted octanol–water partition coefficient (Wildman–Crippen LogP) is 2.21. The van der Waals surface area contributed by atoms with Crippen LogP contribution in [0.5, 0.6) is 0 Å². The van der Waals surface area contributed by atoms with Crippen LogP contribution in [0.2, 0.25) is 0 Å². The Kier molecular flexibility index (Phi) is 2.81. The fraction of sp³-hybridized carbons (Fsp3) is 0.300. The van der Waals surface area contributed by atoms with Crippen molar-refractivity contribution < 1.29 is 9.18 Å². The average Bonchev–Trinajstić information content (AvgIpc) is 2.30. The van der Waals surface area contributed by atoms with Crippen LogP contribution in [0.3, 0.4) is 0 Å². The Morgan fingerprint density at radius 3 is 3.00 bits per heavy atom. The summed E-state index contributed by atoms with van der Waals surface area (Å²) in [6, 6.07) is 3.12. The topological polar surface area (TPSA) is 32.3 Å². The molecule has 5 heteroatoms. The molecule has 1 aromatic rings. The van der Waals surface area contributed by atoms with Crippen molar-refractivity contribution in [1.29, 1.82) is 0 Å². The van der Waals surface area contributed by atoms with Gasteiger partial charge in [-0.25, -0.2) is 4.39 Å². The second-order valence-corrected chi connectivity index (χ2v) is 4.67. The van der Waals surface area contributed by atoms with Crippen molar-refractivity contribution in [2.75, 3.05) is 23.8 Å². The molecule has 0 spiro atoms. The van der Waals surface area contributed by atoms with E-state index in [4.69, 9.17) is 0 Å². The summed E-state index contributed by atoms with van der Waals surface area (Å²) in [7, 11) is 1.85. The lowest BCUT2D eigenvalue weighted by atomic mass is 10.2. The number of amides is 1. The van der Waals surface area contributed by atoms with E-state index in [-0.39, 0.29) is 11.7 Å². The summed E-state index contributed by atoms with van der Waals surface area (Å²) in [5, 5.41) is 2.77. The Balaban J connectivity index is 2.52. The molecule has 80 valence electrons. The van der Waals surface area contributed by atoms with E-state index in [0.29, 0.717) is 22.2 Å². The highest BCUT2D eigenvalue weighted by atomic mass is 127. The monoisotopic (exact) mass is 320 g/mol. The number of hydrogen-bond donors (Lipinski definition) is 1. The fourth-order valence-corrected chi connectivity index (χ4v) is 2.02. The third-order valence-electron chi connectivity index (χ3n) is 2.40. The Morgan fingerprint density at radius 1 is 1.53 bits per heavy atom. The van der Waals surface area contributed by atoms with Crippen molar-refractivity contribution >= 4 is 39.9 Å². The molecular weight excluding hydrogens is 310 g/mol. The fourth-order valence-electron chi connectivity index (χ4n) is 1.55. The maximum absolute atomic E-state index is 13.4. The SMILES string of the molecule is CN1CCC(=O)Nc2cc(I)c(F)cc21. The quantitative estimate of drug-likeness (QED) is 0.744. The van der Waals surface area contributed by atoms with Gasteiger partial charge in [-0.05, 0) is 28.7 Å². The van der Waals surface area contributed by atoms with Crippen molar-refractivity contribution in [3.8, 4) is 0 Å². The van der Waals surface area contributed by atoms with Crippen LogP contribution in [0.4, 0.5) is 15.8 Å². The zero-order valence-corrected chi connectivity index (χ0v) is 10.3. The molecule has 1 aliphatic heterocycles. The molecule has 0 aromatic heterocycles. The Bertz CT molecular complexity index is 422. The van der Waals surface area contributed by atoms with Gasteiger partial charge in [0.2, 0.25) is 5.91 Å². The van der Waals surface area contributed by atoms with E-state index in [9.17, 15) is 9.18 Å². The summed E-state index contributed by atoms with van der Waals surface area (Å²) in [5.74, 6) is -0.277. The number of rotatable bonds is 0. The van der Waals surface area contributed by atoms with Crippen molar-refractivity contribution in [2.24, 2.45) is 0 Å². The molecule has 2 rings (SSSR count). The van der Waals surface area contributed by atoms with Gasteiger partial charge in [0.15, 0.2) is 0 Å². The van der Waals surface area contributed by atoms with E-state index in [1.54, 1.807) is 6.07 Å². The van der Waals surface area contributed by atoms with E-state index >= 15 is 0 Å². The highest BCUT2D eigenvalue weighted by molar-refractivity contribution is 14.1. The summed E-state index contributed by atoms with van der Waals surface area (Å²) in [6.07, 6.45) is 0.434. The first-order valence-corrected chi connectivity index (χ1v) is 5.66. The van der Waals surface area contributed by atoms with Gasteiger partial charge in [-0.15, -0.1) is 0 Å². The molecule has 0 saturated carbocycles. The minimum atomic E-state index is -0.252. The van der Waals surface area contributed by atoms with Gasteiger partial charge in [0, 0.05) is 26.1 Å². The first-order valence-electron chi connectivity index (χ1n) is 4.58. The first kappa shape index (κ1) is 10.7. The van der Waals surface area contributed by atoms with Crippen LogP contribution in [-0.4, -0.2) is 19.5 Å². The van der Waals surface area contributed by atoms with Crippen LogP contribution in [-0.2, 0) is 4.79 Å². The lowest BCUT2D eigenvalue weighted by Gasteiger charge is -2.18. The van der Waals surface area contributed by atoms with Crippen molar-refractivity contribution in [1.82, 2.24) is 0 Å². The molecule has 0 radical (unpaired) electrons. The second kappa shape index (κ2) is 3.96. The molecule has 0 aliphatic carbocycles. The van der Waals surface area contributed by atoms with Gasteiger partial charge < -0.3 is 10.2 Å². The number of nitrogens with zero attached hydrogens (tertiary/aromatic N) is 1. The molecule has 0 saturated heterocycles. The summed E-state index contributed by atoms with van der Waals surface area (Å²) in [4.78, 5) is 13.2. The van der Waals surface area contributed by atoms with Crippen molar-refractivity contribution in [2.45, 2.75) is 6.42 Å². The Labute approximate surface area is 101 Å². The molecule has 1 aromatic carbocycles. The number of carbonyl (C=O) groups excluding carboxylic acids is 1. The minimum absolute atomic E-state index is 0.0250. The minimum Gasteiger partial charge on any atom is -0.372 e. The smallest absolute Gasteiger partial charge is 0.226 e. The molecular formula is C10H10FIN2O. The van der Waals surface area contributed by atoms with Gasteiger partial charge in [-0.2, -0.15) is 0 Å². The van der Waals surface area contributed by atoms with Crippen molar-refractivity contribution in [3.05, 3.63) is 21.5 Å². The van der Waals surface area contributed by atoms with Crippen LogP contribution in [0.1, 0.15) is 6.42 Å².